The first kappa shape index (κ1) is 24.0. The third-order valence-electron chi connectivity index (χ3n) is 9.21. The summed E-state index contributed by atoms with van der Waals surface area (Å²) in [4.78, 5) is 4.74. The Balaban J connectivity index is 1.60. The van der Waals surface area contributed by atoms with E-state index in [0.29, 0.717) is 0 Å². The molecule has 0 N–H and O–H groups in total. The highest BCUT2D eigenvalue weighted by atomic mass is 15.0. The maximum absolute atomic E-state index is 4.93. The third kappa shape index (κ3) is 3.12. The Morgan fingerprint density at radius 3 is 2.49 bits per heavy atom. The van der Waals surface area contributed by atoms with Gasteiger partial charge in [0, 0.05) is 35.8 Å². The van der Waals surface area contributed by atoms with Gasteiger partial charge in [0.05, 0.1) is 22.1 Å². The second-order valence-electron chi connectivity index (χ2n) is 11.5. The van der Waals surface area contributed by atoms with E-state index in [1.54, 1.807) is 0 Å². The van der Waals surface area contributed by atoms with Gasteiger partial charge in [0.2, 0.25) is 0 Å². The molecule has 2 aromatic heterocycles. The molecule has 1 aliphatic carbocycles. The van der Waals surface area contributed by atoms with Crippen molar-refractivity contribution in [1.29, 1.82) is 0 Å². The Hall–Kier alpha value is -4.89. The predicted octanol–water partition coefficient (Wildman–Crippen LogP) is 8.79. The van der Waals surface area contributed by atoms with E-state index in [0.717, 1.165) is 17.0 Å². The first-order valence-electron chi connectivity index (χ1n) is 14.3. The molecule has 4 aromatic carbocycles. The largest absolute Gasteiger partial charge is 0.334 e. The molecule has 3 heteroatoms. The lowest BCUT2D eigenvalue weighted by Gasteiger charge is -2.43. The fraction of sp³-hybridized carbons (Fsp3) is 0.132. The SMILES string of the molecule is C=C1/C=C(c2nccn2C)\C=C/C(C)c2ccc(C)cc2C12c1ccccc1-n1c3ccccc3c3cccc2c31. The number of hydrogen-bond donors (Lipinski definition) is 0. The highest BCUT2D eigenvalue weighted by Crippen LogP contribution is 2.56. The van der Waals surface area contributed by atoms with Crippen LogP contribution in [0.2, 0.25) is 0 Å². The number of aromatic nitrogens is 3. The van der Waals surface area contributed by atoms with E-state index < -0.39 is 5.41 Å². The Morgan fingerprint density at radius 2 is 1.63 bits per heavy atom. The van der Waals surface area contributed by atoms with Crippen molar-refractivity contribution in [2.45, 2.75) is 25.2 Å². The van der Waals surface area contributed by atoms with E-state index in [1.165, 1.54) is 55.3 Å². The van der Waals surface area contributed by atoms with Crippen molar-refractivity contribution in [3.05, 3.63) is 161 Å². The van der Waals surface area contributed by atoms with Crippen molar-refractivity contribution in [2.75, 3.05) is 0 Å². The van der Waals surface area contributed by atoms with E-state index in [4.69, 9.17) is 11.6 Å². The Labute approximate surface area is 240 Å². The van der Waals surface area contributed by atoms with Crippen LogP contribution in [0.15, 0.2) is 128 Å². The summed E-state index contributed by atoms with van der Waals surface area (Å²) in [6, 6.07) is 31.5. The summed E-state index contributed by atoms with van der Waals surface area (Å²) in [7, 11) is 2.05. The van der Waals surface area contributed by atoms with E-state index in [-0.39, 0.29) is 5.92 Å². The number of para-hydroxylation sites is 3. The fourth-order valence-electron chi connectivity index (χ4n) is 7.38. The van der Waals surface area contributed by atoms with Gasteiger partial charge in [-0.3, -0.25) is 0 Å². The molecule has 0 saturated heterocycles. The van der Waals surface area contributed by atoms with Gasteiger partial charge in [-0.1, -0.05) is 104 Å². The number of allylic oxidation sites excluding steroid dienone is 5. The van der Waals surface area contributed by atoms with Gasteiger partial charge < -0.3 is 9.13 Å². The van der Waals surface area contributed by atoms with E-state index in [2.05, 4.69) is 133 Å². The summed E-state index contributed by atoms with van der Waals surface area (Å²) >= 11 is 0. The lowest BCUT2D eigenvalue weighted by Crippen LogP contribution is -2.36. The van der Waals surface area contributed by atoms with Crippen LogP contribution in [0.25, 0.3) is 33.1 Å². The van der Waals surface area contributed by atoms with Crippen LogP contribution in [0.4, 0.5) is 0 Å². The fourth-order valence-corrected chi connectivity index (χ4v) is 7.38. The average Bonchev–Trinajstić information content (AvgIpc) is 3.58. The van der Waals surface area contributed by atoms with E-state index in [9.17, 15) is 0 Å². The van der Waals surface area contributed by atoms with Gasteiger partial charge in [0.1, 0.15) is 5.82 Å². The van der Waals surface area contributed by atoms with Gasteiger partial charge in [0.25, 0.3) is 0 Å². The maximum Gasteiger partial charge on any atom is 0.139 e. The molecule has 0 bridgehead atoms. The number of rotatable bonds is 1. The van der Waals surface area contributed by atoms with Crippen LogP contribution < -0.4 is 0 Å². The molecule has 8 rings (SSSR count). The van der Waals surface area contributed by atoms with Crippen molar-refractivity contribution in [1.82, 2.24) is 14.1 Å². The van der Waals surface area contributed by atoms with Crippen molar-refractivity contribution >= 4 is 27.4 Å². The summed E-state index contributed by atoms with van der Waals surface area (Å²) in [5.41, 5.74) is 11.6. The molecule has 41 heavy (non-hydrogen) atoms. The van der Waals surface area contributed by atoms with Crippen LogP contribution in [0, 0.1) is 6.92 Å². The smallest absolute Gasteiger partial charge is 0.139 e. The maximum atomic E-state index is 4.93. The topological polar surface area (TPSA) is 22.8 Å². The van der Waals surface area contributed by atoms with E-state index >= 15 is 0 Å². The van der Waals surface area contributed by atoms with Crippen LogP contribution in [-0.4, -0.2) is 14.1 Å². The van der Waals surface area contributed by atoms with Crippen molar-refractivity contribution in [2.24, 2.45) is 7.05 Å². The van der Waals surface area contributed by atoms with Gasteiger partial charge in [-0.15, -0.1) is 0 Å². The van der Waals surface area contributed by atoms with Crippen LogP contribution in [0.1, 0.15) is 46.5 Å². The molecule has 2 unspecified atom stereocenters. The summed E-state index contributed by atoms with van der Waals surface area (Å²) in [6.07, 6.45) is 10.7. The lowest BCUT2D eigenvalue weighted by atomic mass is 9.61. The number of benzene rings is 4. The molecule has 6 aromatic rings. The number of imidazole rings is 1. The van der Waals surface area contributed by atoms with Crippen LogP contribution in [0.3, 0.4) is 0 Å². The highest BCUT2D eigenvalue weighted by Gasteiger charge is 2.47. The zero-order valence-corrected chi connectivity index (χ0v) is 23.6. The molecule has 0 amide bonds. The Morgan fingerprint density at radius 1 is 0.854 bits per heavy atom. The molecule has 2 aliphatic rings. The first-order chi connectivity index (χ1) is 20.0. The van der Waals surface area contributed by atoms with Crippen molar-refractivity contribution < 1.29 is 0 Å². The predicted molar refractivity (Wildman–Crippen MR) is 170 cm³/mol. The third-order valence-corrected chi connectivity index (χ3v) is 9.21. The minimum absolute atomic E-state index is 0.191. The second kappa shape index (κ2) is 8.55. The second-order valence-corrected chi connectivity index (χ2v) is 11.5. The number of fused-ring (bicyclic) bond motifs is 9. The summed E-state index contributed by atoms with van der Waals surface area (Å²) in [5.74, 6) is 1.12. The minimum Gasteiger partial charge on any atom is -0.334 e. The number of aryl methyl sites for hydroxylation is 2. The number of hydrogen-bond acceptors (Lipinski definition) is 1. The zero-order valence-electron chi connectivity index (χ0n) is 23.6. The van der Waals surface area contributed by atoms with Crippen molar-refractivity contribution in [3.63, 3.8) is 0 Å². The molecule has 1 aliphatic heterocycles. The monoisotopic (exact) mass is 529 g/mol. The molecular weight excluding hydrogens is 498 g/mol. The average molecular weight is 530 g/mol. The van der Waals surface area contributed by atoms with Crippen LogP contribution in [-0.2, 0) is 12.5 Å². The van der Waals surface area contributed by atoms with Gasteiger partial charge in [0.15, 0.2) is 0 Å². The summed E-state index contributed by atoms with van der Waals surface area (Å²) in [6.45, 7) is 9.43. The summed E-state index contributed by atoms with van der Waals surface area (Å²) in [5, 5.41) is 2.54. The lowest BCUT2D eigenvalue weighted by molar-refractivity contribution is 0.711. The molecule has 0 saturated carbocycles. The first-order valence-corrected chi connectivity index (χ1v) is 14.3. The quantitative estimate of drug-likeness (QED) is 0.209. The molecule has 2 atom stereocenters. The molecule has 0 fully saturated rings. The minimum atomic E-state index is -0.599. The molecular formula is C38H31N3. The number of nitrogens with zero attached hydrogens (tertiary/aromatic N) is 3. The molecule has 198 valence electrons. The Kier molecular flexibility index (Phi) is 5.00. The zero-order chi connectivity index (χ0) is 27.9. The standard InChI is InChI=1S/C38H31N3/c1-24-16-19-28-25(2)17-18-27(37-39-20-21-40(37)4)23-26(3)38(33(28)22-24)31-12-6-8-15-35(31)41-34-14-7-5-10-29(34)30-11-9-13-32(38)36(30)41/h5-23,25H,3H2,1-2,4H3/b18-17-,27-23+. The van der Waals surface area contributed by atoms with E-state index in [1.807, 2.05) is 12.4 Å². The molecule has 3 heterocycles. The van der Waals surface area contributed by atoms with Gasteiger partial charge >= 0.3 is 0 Å². The summed E-state index contributed by atoms with van der Waals surface area (Å²) < 4.78 is 4.56. The van der Waals surface area contributed by atoms with Crippen LogP contribution in [0.5, 0.6) is 0 Å². The van der Waals surface area contributed by atoms with Crippen LogP contribution >= 0.6 is 0 Å². The van der Waals surface area contributed by atoms with Gasteiger partial charge in [-0.05, 0) is 58.9 Å². The van der Waals surface area contributed by atoms with Gasteiger partial charge in [-0.25, -0.2) is 4.98 Å². The molecule has 0 radical (unpaired) electrons. The van der Waals surface area contributed by atoms with Gasteiger partial charge in [-0.2, -0.15) is 0 Å². The molecule has 1 spiro atoms. The highest BCUT2D eigenvalue weighted by molar-refractivity contribution is 6.12. The Bertz CT molecular complexity index is 2110. The van der Waals surface area contributed by atoms with Crippen molar-refractivity contribution in [3.8, 4) is 5.69 Å². The normalized spacial score (nSPS) is 21.6. The molecule has 3 nitrogen and oxygen atoms in total.